The number of hydrogen-bond donors (Lipinski definition) is 3. The van der Waals surface area contributed by atoms with E-state index in [4.69, 9.17) is 4.74 Å². The van der Waals surface area contributed by atoms with Crippen molar-refractivity contribution < 1.29 is 23.5 Å². The van der Waals surface area contributed by atoms with Gasteiger partial charge in [-0.15, -0.1) is 0 Å². The van der Waals surface area contributed by atoms with Gasteiger partial charge in [0.25, 0.3) is 0 Å². The first-order valence-corrected chi connectivity index (χ1v) is 19.4. The summed E-state index contributed by atoms with van der Waals surface area (Å²) in [6.07, 6.45) is 4.96. The van der Waals surface area contributed by atoms with Crippen LogP contribution in [0, 0.1) is 12.7 Å². The van der Waals surface area contributed by atoms with Crippen molar-refractivity contribution in [2.75, 3.05) is 90.8 Å². The first kappa shape index (κ1) is 35.7. The number of imide groups is 1. The van der Waals surface area contributed by atoms with E-state index in [1.54, 1.807) is 17.0 Å². The fraction of sp³-hybridized carbons (Fsp3) is 0.390. The monoisotopic (exact) mass is 760 g/mol. The molecule has 2 aromatic carbocycles. The Kier molecular flexibility index (Phi) is 9.53. The fourth-order valence-electron chi connectivity index (χ4n) is 8.32. The van der Waals surface area contributed by atoms with Crippen LogP contribution < -0.4 is 35.4 Å². The smallest absolute Gasteiger partial charge is 0.328 e. The average Bonchev–Trinajstić information content (AvgIpc) is 3.19. The number of anilines is 6. The van der Waals surface area contributed by atoms with Gasteiger partial charge in [0, 0.05) is 107 Å². The van der Waals surface area contributed by atoms with Gasteiger partial charge >= 0.3 is 6.03 Å². The zero-order valence-corrected chi connectivity index (χ0v) is 31.4. The van der Waals surface area contributed by atoms with Crippen LogP contribution >= 0.6 is 0 Å². The Morgan fingerprint density at radius 1 is 0.911 bits per heavy atom. The second kappa shape index (κ2) is 14.9. The van der Waals surface area contributed by atoms with Crippen LogP contribution in [-0.2, 0) is 29.0 Å². The van der Waals surface area contributed by atoms with Gasteiger partial charge in [0.05, 0.1) is 18.3 Å². The van der Waals surface area contributed by atoms with Crippen molar-refractivity contribution in [3.63, 3.8) is 0 Å². The van der Waals surface area contributed by atoms with Crippen molar-refractivity contribution in [2.24, 2.45) is 0 Å². The number of nitrogens with zero attached hydrogens (tertiary/aromatic N) is 7. The molecule has 0 bridgehead atoms. The summed E-state index contributed by atoms with van der Waals surface area (Å²) in [5.74, 6) is 0.553. The second-order valence-corrected chi connectivity index (χ2v) is 15.1. The summed E-state index contributed by atoms with van der Waals surface area (Å²) in [5, 5.41) is 9.05. The molecule has 0 aliphatic carbocycles. The third kappa shape index (κ3) is 7.14. The Morgan fingerprint density at radius 3 is 2.50 bits per heavy atom. The number of fused-ring (bicyclic) bond motifs is 2. The van der Waals surface area contributed by atoms with Gasteiger partial charge in [0.2, 0.25) is 17.7 Å². The molecule has 0 unspecified atom stereocenters. The molecule has 5 aliphatic heterocycles. The first-order chi connectivity index (χ1) is 27.3. The van der Waals surface area contributed by atoms with E-state index in [9.17, 15) is 14.4 Å². The molecule has 3 saturated heterocycles. The van der Waals surface area contributed by atoms with Crippen molar-refractivity contribution in [1.82, 2.24) is 25.1 Å². The summed E-state index contributed by atoms with van der Waals surface area (Å²) >= 11 is 0. The van der Waals surface area contributed by atoms with Crippen LogP contribution in [0.1, 0.15) is 28.7 Å². The van der Waals surface area contributed by atoms with Gasteiger partial charge in [-0.2, -0.15) is 0 Å². The normalized spacial score (nSPS) is 18.7. The molecule has 7 heterocycles. The summed E-state index contributed by atoms with van der Waals surface area (Å²) in [5.41, 5.74) is 8.31. The van der Waals surface area contributed by atoms with E-state index in [0.29, 0.717) is 68.2 Å². The summed E-state index contributed by atoms with van der Waals surface area (Å²) in [6, 6.07) is 14.8. The van der Waals surface area contributed by atoms with Gasteiger partial charge in [-0.25, -0.2) is 19.2 Å². The minimum Gasteiger partial charge on any atom is -0.474 e. The van der Waals surface area contributed by atoms with Gasteiger partial charge in [-0.05, 0) is 72.5 Å². The number of carbonyl (C=O) groups is 3. The number of piperazine rings is 1. The molecule has 5 aliphatic rings. The largest absolute Gasteiger partial charge is 0.474 e. The lowest BCUT2D eigenvalue weighted by Crippen LogP contribution is -2.63. The molecule has 2 aromatic heterocycles. The minimum atomic E-state index is -0.420. The van der Waals surface area contributed by atoms with Crippen molar-refractivity contribution >= 4 is 52.1 Å². The topological polar surface area (TPSA) is 139 Å². The number of halogens is 1. The summed E-state index contributed by atoms with van der Waals surface area (Å²) in [7, 11) is 0. The van der Waals surface area contributed by atoms with Crippen molar-refractivity contribution in [2.45, 2.75) is 38.8 Å². The van der Waals surface area contributed by atoms with Crippen LogP contribution in [-0.4, -0.2) is 109 Å². The summed E-state index contributed by atoms with van der Waals surface area (Å²) in [4.78, 5) is 56.6. The van der Waals surface area contributed by atoms with E-state index in [-0.39, 0.29) is 24.3 Å². The molecule has 0 saturated carbocycles. The molecule has 0 spiro atoms. The maximum absolute atomic E-state index is 15.4. The molecule has 3 fully saturated rings. The van der Waals surface area contributed by atoms with E-state index in [2.05, 4.69) is 47.5 Å². The Morgan fingerprint density at radius 2 is 1.71 bits per heavy atom. The molecule has 56 heavy (non-hydrogen) atoms. The molecule has 15 heteroatoms. The van der Waals surface area contributed by atoms with Crippen LogP contribution in [0.15, 0.2) is 60.9 Å². The van der Waals surface area contributed by atoms with E-state index < -0.39 is 5.82 Å². The predicted octanol–water partition coefficient (Wildman–Crippen LogP) is 4.06. The Balaban J connectivity index is 0.747. The highest BCUT2D eigenvalue weighted by atomic mass is 19.1. The van der Waals surface area contributed by atoms with Gasteiger partial charge in [-0.1, -0.05) is 6.07 Å². The van der Waals surface area contributed by atoms with Gasteiger partial charge < -0.3 is 30.1 Å². The number of hydrogen-bond acceptors (Lipinski definition) is 11. The third-order valence-corrected chi connectivity index (χ3v) is 11.6. The number of benzene rings is 2. The zero-order valence-electron chi connectivity index (χ0n) is 31.4. The van der Waals surface area contributed by atoms with Crippen molar-refractivity contribution in [3.8, 4) is 5.88 Å². The lowest BCUT2D eigenvalue weighted by atomic mass is 10.0. The molecule has 9 rings (SSSR count). The number of rotatable bonds is 8. The van der Waals surface area contributed by atoms with Crippen LogP contribution in [0.25, 0.3) is 0 Å². The number of nitrogens with one attached hydrogen (secondary N) is 3. The highest BCUT2D eigenvalue weighted by Crippen LogP contribution is 2.37. The van der Waals surface area contributed by atoms with Crippen molar-refractivity contribution in [3.05, 3.63) is 89.0 Å². The standard InChI is InChI=1S/C41H45FN10O4/c1-26-35(22-45-40-39(26)43-10-17-56-40)50-11-8-28-21-44-36(18-29(28)23-50)46-30-3-2-27(34(42)20-30)19-38(54)49-15-13-48(14-16-49)33-24-51(25-33)31-4-6-32(7-5-31)52-12-9-37(53)47-41(52)55/h2-7,18,20-22,33,43H,8-17,19,23-25H2,1H3,(H,44,46)(H,47,53,55). The first-order valence-electron chi connectivity index (χ1n) is 19.4. The van der Waals surface area contributed by atoms with Gasteiger partial charge in [0.15, 0.2) is 0 Å². The van der Waals surface area contributed by atoms with Crippen LogP contribution in [0.5, 0.6) is 5.88 Å². The molecule has 0 radical (unpaired) electrons. The van der Waals surface area contributed by atoms with E-state index >= 15 is 4.39 Å². The molecule has 0 atom stereocenters. The Bertz CT molecular complexity index is 2170. The number of pyridine rings is 2. The lowest BCUT2D eigenvalue weighted by Gasteiger charge is -2.49. The predicted molar refractivity (Wildman–Crippen MR) is 211 cm³/mol. The fourth-order valence-corrected chi connectivity index (χ4v) is 8.32. The van der Waals surface area contributed by atoms with Gasteiger partial charge in [-0.3, -0.25) is 24.7 Å². The van der Waals surface area contributed by atoms with Crippen LogP contribution in [0.3, 0.4) is 0 Å². The second-order valence-electron chi connectivity index (χ2n) is 15.1. The average molecular weight is 761 g/mol. The third-order valence-electron chi connectivity index (χ3n) is 11.6. The summed E-state index contributed by atoms with van der Waals surface area (Å²) < 4.78 is 21.1. The number of aromatic nitrogens is 2. The maximum Gasteiger partial charge on any atom is 0.328 e. The van der Waals surface area contributed by atoms with E-state index in [1.807, 2.05) is 47.6 Å². The minimum absolute atomic E-state index is 0.0141. The molecule has 3 N–H and O–H groups in total. The van der Waals surface area contributed by atoms with Gasteiger partial charge in [0.1, 0.15) is 23.9 Å². The molecule has 4 amide bonds. The highest BCUT2D eigenvalue weighted by Gasteiger charge is 2.35. The molecule has 290 valence electrons. The molecule has 4 aromatic rings. The number of carbonyl (C=O) groups excluding carboxylic acids is 3. The lowest BCUT2D eigenvalue weighted by molar-refractivity contribution is -0.132. The SMILES string of the molecule is Cc1c(N2CCc3cnc(Nc4ccc(CC(=O)N5CCN(C6CN(c7ccc(N8CCC(=O)NC8=O)cc7)C6)CC5)c(F)c4)cc3C2)cnc2c1NCCO2. The summed E-state index contributed by atoms with van der Waals surface area (Å²) in [6.45, 7) is 9.96. The molecular formula is C41H45FN10O4. The van der Waals surface area contributed by atoms with E-state index in [0.717, 1.165) is 79.6 Å². The maximum atomic E-state index is 15.4. The number of urea groups is 1. The van der Waals surface area contributed by atoms with Crippen molar-refractivity contribution in [1.29, 1.82) is 0 Å². The molecular weight excluding hydrogens is 716 g/mol. The van der Waals surface area contributed by atoms with Crippen LogP contribution in [0.4, 0.5) is 43.4 Å². The van der Waals surface area contributed by atoms with Crippen LogP contribution in [0.2, 0.25) is 0 Å². The molecule has 14 nitrogen and oxygen atoms in total. The quantitative estimate of drug-likeness (QED) is 0.240. The highest BCUT2D eigenvalue weighted by molar-refractivity contribution is 6.05. The number of ether oxygens (including phenoxy) is 1. The Labute approximate surface area is 324 Å². The zero-order chi connectivity index (χ0) is 38.3. The van der Waals surface area contributed by atoms with E-state index in [1.165, 1.54) is 11.6 Å². The number of amides is 4. The Hall–Kier alpha value is -5.96.